The second kappa shape index (κ2) is 7.21. The highest BCUT2D eigenvalue weighted by molar-refractivity contribution is 5.94. The number of aromatic carboxylic acids is 1. The van der Waals surface area contributed by atoms with Gasteiger partial charge in [-0.3, -0.25) is 0 Å². The van der Waals surface area contributed by atoms with Crippen LogP contribution in [0.1, 0.15) is 27.2 Å². The average Bonchev–Trinajstić information content (AvgIpc) is 2.51. The van der Waals surface area contributed by atoms with Gasteiger partial charge in [-0.1, -0.05) is 18.2 Å². The fourth-order valence-electron chi connectivity index (χ4n) is 2.32. The van der Waals surface area contributed by atoms with E-state index < -0.39 is 12.1 Å². The molecule has 1 aromatic heterocycles. The zero-order valence-corrected chi connectivity index (χ0v) is 13.1. The van der Waals surface area contributed by atoms with E-state index in [2.05, 4.69) is 10.3 Å². The lowest BCUT2D eigenvalue weighted by Crippen LogP contribution is -2.17. The summed E-state index contributed by atoms with van der Waals surface area (Å²) in [5.41, 5.74) is 3.32. The van der Waals surface area contributed by atoms with Crippen LogP contribution in [-0.2, 0) is 6.42 Å². The van der Waals surface area contributed by atoms with Crippen molar-refractivity contribution in [1.29, 1.82) is 0 Å². The number of aliphatic hydroxyl groups is 2. The standard InChI is InChI=1S/C17H20N2O4/c1-10-4-3-5-11(2)15(10)19-16-14(17(22)23)7-6-12(18-16)8-13(21)9-20/h3-7,13,20-21H,8-9H2,1-2H3,(H,18,19)(H,22,23). The smallest absolute Gasteiger partial charge is 0.339 e. The molecule has 6 heteroatoms. The number of carboxylic acids is 1. The maximum Gasteiger partial charge on any atom is 0.339 e. The number of aryl methyl sites for hydroxylation is 2. The molecule has 4 N–H and O–H groups in total. The van der Waals surface area contributed by atoms with E-state index in [0.29, 0.717) is 5.69 Å². The molecule has 2 aromatic rings. The highest BCUT2D eigenvalue weighted by Crippen LogP contribution is 2.26. The van der Waals surface area contributed by atoms with Crippen molar-refractivity contribution >= 4 is 17.5 Å². The van der Waals surface area contributed by atoms with E-state index in [1.807, 2.05) is 32.0 Å². The minimum Gasteiger partial charge on any atom is -0.478 e. The molecule has 1 atom stereocenters. The number of carboxylic acid groups (broad SMARTS) is 1. The molecule has 0 spiro atoms. The van der Waals surface area contributed by atoms with Crippen LogP contribution in [0.15, 0.2) is 30.3 Å². The topological polar surface area (TPSA) is 103 Å². The van der Waals surface area contributed by atoms with Crippen molar-refractivity contribution in [1.82, 2.24) is 4.98 Å². The van der Waals surface area contributed by atoms with Crippen molar-refractivity contribution < 1.29 is 20.1 Å². The molecule has 0 radical (unpaired) electrons. The Bertz CT molecular complexity index is 695. The first-order valence-electron chi connectivity index (χ1n) is 7.27. The molecule has 23 heavy (non-hydrogen) atoms. The summed E-state index contributed by atoms with van der Waals surface area (Å²) >= 11 is 0. The fraction of sp³-hybridized carbons (Fsp3) is 0.294. The molecule has 2 rings (SSSR count). The van der Waals surface area contributed by atoms with Gasteiger partial charge in [0.1, 0.15) is 11.4 Å². The molecule has 0 aliphatic heterocycles. The molecule has 122 valence electrons. The summed E-state index contributed by atoms with van der Waals surface area (Å²) in [6, 6.07) is 8.77. The molecule has 1 aromatic carbocycles. The van der Waals surface area contributed by atoms with Gasteiger partial charge in [0.2, 0.25) is 0 Å². The van der Waals surface area contributed by atoms with Crippen molar-refractivity contribution in [2.24, 2.45) is 0 Å². The van der Waals surface area contributed by atoms with Crippen LogP contribution < -0.4 is 5.32 Å². The van der Waals surface area contributed by atoms with Crippen LogP contribution in [0.4, 0.5) is 11.5 Å². The molecule has 0 aliphatic carbocycles. The number of benzene rings is 1. The number of carbonyl (C=O) groups is 1. The van der Waals surface area contributed by atoms with E-state index in [-0.39, 0.29) is 24.4 Å². The molecule has 6 nitrogen and oxygen atoms in total. The number of rotatable bonds is 6. The Morgan fingerprint density at radius 2 is 1.87 bits per heavy atom. The van der Waals surface area contributed by atoms with Gasteiger partial charge in [0, 0.05) is 17.8 Å². The number of para-hydroxylation sites is 1. The fourth-order valence-corrected chi connectivity index (χ4v) is 2.32. The average molecular weight is 316 g/mol. The predicted octanol–water partition coefficient (Wildman–Crippen LogP) is 2.04. The lowest BCUT2D eigenvalue weighted by molar-refractivity contribution is 0.0697. The summed E-state index contributed by atoms with van der Waals surface area (Å²) in [6.07, 6.45) is -0.774. The van der Waals surface area contributed by atoms with Crippen LogP contribution in [0.2, 0.25) is 0 Å². The number of anilines is 2. The van der Waals surface area contributed by atoms with Crippen LogP contribution in [-0.4, -0.2) is 39.0 Å². The van der Waals surface area contributed by atoms with Crippen LogP contribution in [0.3, 0.4) is 0 Å². The van der Waals surface area contributed by atoms with Gasteiger partial charge in [-0.2, -0.15) is 0 Å². The maximum absolute atomic E-state index is 11.4. The molecule has 0 fully saturated rings. The zero-order chi connectivity index (χ0) is 17.0. The molecule has 1 unspecified atom stereocenters. The molecule has 0 saturated carbocycles. The van der Waals surface area contributed by atoms with Gasteiger partial charge in [0.15, 0.2) is 0 Å². The molecule has 0 aliphatic rings. The third kappa shape index (κ3) is 4.06. The second-order valence-electron chi connectivity index (χ2n) is 5.44. The van der Waals surface area contributed by atoms with Crippen molar-refractivity contribution in [3.8, 4) is 0 Å². The lowest BCUT2D eigenvalue weighted by atomic mass is 10.1. The Balaban J connectivity index is 2.41. The van der Waals surface area contributed by atoms with E-state index in [1.54, 1.807) is 0 Å². The Morgan fingerprint density at radius 3 is 2.43 bits per heavy atom. The number of hydrogen-bond acceptors (Lipinski definition) is 5. The van der Waals surface area contributed by atoms with E-state index >= 15 is 0 Å². The Hall–Kier alpha value is -2.44. The van der Waals surface area contributed by atoms with Gasteiger partial charge >= 0.3 is 5.97 Å². The molecule has 1 heterocycles. The first kappa shape index (κ1) is 16.9. The normalized spacial score (nSPS) is 12.0. The van der Waals surface area contributed by atoms with Gasteiger partial charge < -0.3 is 20.6 Å². The van der Waals surface area contributed by atoms with Gasteiger partial charge in [0.05, 0.1) is 12.7 Å². The van der Waals surface area contributed by atoms with Crippen molar-refractivity contribution in [2.75, 3.05) is 11.9 Å². The summed E-state index contributed by atoms with van der Waals surface area (Å²) < 4.78 is 0. The van der Waals surface area contributed by atoms with E-state index in [4.69, 9.17) is 5.11 Å². The minimum absolute atomic E-state index is 0.0508. The number of aliphatic hydroxyl groups excluding tert-OH is 2. The van der Waals surface area contributed by atoms with Crippen LogP contribution >= 0.6 is 0 Å². The Kier molecular flexibility index (Phi) is 5.31. The highest BCUT2D eigenvalue weighted by atomic mass is 16.4. The Morgan fingerprint density at radius 1 is 1.22 bits per heavy atom. The van der Waals surface area contributed by atoms with Gasteiger partial charge in [-0.25, -0.2) is 9.78 Å². The monoisotopic (exact) mass is 316 g/mol. The quantitative estimate of drug-likeness (QED) is 0.650. The van der Waals surface area contributed by atoms with E-state index in [1.165, 1.54) is 12.1 Å². The van der Waals surface area contributed by atoms with E-state index in [9.17, 15) is 15.0 Å². The van der Waals surface area contributed by atoms with Crippen LogP contribution in [0.25, 0.3) is 0 Å². The Labute approximate surface area is 134 Å². The van der Waals surface area contributed by atoms with E-state index in [0.717, 1.165) is 16.8 Å². The maximum atomic E-state index is 11.4. The van der Waals surface area contributed by atoms with Crippen LogP contribution in [0, 0.1) is 13.8 Å². The minimum atomic E-state index is -1.08. The zero-order valence-electron chi connectivity index (χ0n) is 13.1. The second-order valence-corrected chi connectivity index (χ2v) is 5.44. The number of nitrogens with zero attached hydrogens (tertiary/aromatic N) is 1. The van der Waals surface area contributed by atoms with Gasteiger partial charge in [0.25, 0.3) is 0 Å². The van der Waals surface area contributed by atoms with Crippen LogP contribution in [0.5, 0.6) is 0 Å². The first-order chi connectivity index (χ1) is 10.9. The summed E-state index contributed by atoms with van der Waals surface area (Å²) in [5.74, 6) is -0.863. The third-order valence-corrected chi connectivity index (χ3v) is 3.56. The van der Waals surface area contributed by atoms with Crippen molar-refractivity contribution in [2.45, 2.75) is 26.4 Å². The number of hydrogen-bond donors (Lipinski definition) is 4. The van der Waals surface area contributed by atoms with Crippen molar-refractivity contribution in [3.63, 3.8) is 0 Å². The lowest BCUT2D eigenvalue weighted by Gasteiger charge is -2.15. The summed E-state index contributed by atoms with van der Waals surface area (Å²) in [5, 5.41) is 30.9. The molecule has 0 amide bonds. The number of aromatic nitrogens is 1. The summed E-state index contributed by atoms with van der Waals surface area (Å²) in [6.45, 7) is 3.48. The third-order valence-electron chi connectivity index (χ3n) is 3.56. The SMILES string of the molecule is Cc1cccc(C)c1Nc1nc(CC(O)CO)ccc1C(=O)O. The van der Waals surface area contributed by atoms with Gasteiger partial charge in [-0.05, 0) is 37.1 Å². The highest BCUT2D eigenvalue weighted by Gasteiger charge is 2.15. The molecular weight excluding hydrogens is 296 g/mol. The summed E-state index contributed by atoms with van der Waals surface area (Å²) in [7, 11) is 0. The first-order valence-corrected chi connectivity index (χ1v) is 7.27. The summed E-state index contributed by atoms with van der Waals surface area (Å²) in [4.78, 5) is 15.7. The number of nitrogens with one attached hydrogen (secondary N) is 1. The molecule has 0 saturated heterocycles. The molecule has 0 bridgehead atoms. The van der Waals surface area contributed by atoms with Gasteiger partial charge in [-0.15, -0.1) is 0 Å². The van der Waals surface area contributed by atoms with Crippen molar-refractivity contribution in [3.05, 3.63) is 52.7 Å². The predicted molar refractivity (Wildman–Crippen MR) is 87.2 cm³/mol. The molecular formula is C17H20N2O4. The number of pyridine rings is 1. The largest absolute Gasteiger partial charge is 0.478 e.